The molecule has 8 rings (SSSR count). The van der Waals surface area contributed by atoms with E-state index in [4.69, 9.17) is 17.3 Å². The molecule has 0 radical (unpaired) electrons. The summed E-state index contributed by atoms with van der Waals surface area (Å²) in [5.74, 6) is -0.0496. The van der Waals surface area contributed by atoms with E-state index in [1.54, 1.807) is 17.7 Å². The van der Waals surface area contributed by atoms with E-state index in [0.717, 1.165) is 102 Å². The van der Waals surface area contributed by atoms with Gasteiger partial charge in [0.15, 0.2) is 0 Å². The van der Waals surface area contributed by atoms with Crippen LogP contribution >= 0.6 is 22.9 Å². The third-order valence-electron chi connectivity index (χ3n) is 15.8. The number of unbranched alkanes of at least 4 members (excludes halogenated alkanes) is 6. The standard InChI is InChI=1S/C58H79ClN12O6S/c1-39-50(78-38-65-39)42-16-14-40(15-17-42)35-62-54(75)47-34-44(72)36-71(47)55(76)51(57(2,3)4)67-48(73)12-10-8-6-5-7-9-11-13-49(74)69-32-30-68(31-33-69)27-23-46(41-18-20-43(59)21-19-41)66-56(77)58(60)24-28-70(29-25-58)53-45-22-26-61-52(45)63-37-64-53/h14-22,26,37-38,44,46-47,51,72H,5-13,23-25,27-36,60H2,1-4H3,(H,62,75)(H,66,77)(H,67,73)(H,61,63,64). The van der Waals surface area contributed by atoms with Gasteiger partial charge in [0.05, 0.1) is 39.2 Å². The molecule has 3 saturated heterocycles. The van der Waals surface area contributed by atoms with E-state index in [2.05, 4.69) is 45.7 Å². The van der Waals surface area contributed by atoms with E-state index in [1.165, 1.54) is 4.90 Å². The summed E-state index contributed by atoms with van der Waals surface area (Å²) in [6.07, 6.45) is 11.5. The van der Waals surface area contributed by atoms with Crippen LogP contribution in [0.1, 0.15) is 127 Å². The summed E-state index contributed by atoms with van der Waals surface area (Å²) in [7, 11) is 0. The highest BCUT2D eigenvalue weighted by Crippen LogP contribution is 2.32. The number of piperazine rings is 1. The van der Waals surface area contributed by atoms with Crippen LogP contribution in [0.2, 0.25) is 5.02 Å². The third-order valence-corrected chi connectivity index (χ3v) is 17.0. The third kappa shape index (κ3) is 15.2. The van der Waals surface area contributed by atoms with E-state index in [-0.39, 0.29) is 61.5 Å². The molecule has 5 aromatic rings. The van der Waals surface area contributed by atoms with Crippen molar-refractivity contribution in [2.24, 2.45) is 11.1 Å². The van der Waals surface area contributed by atoms with Crippen molar-refractivity contribution in [3.63, 3.8) is 0 Å². The van der Waals surface area contributed by atoms with Crippen molar-refractivity contribution in [2.75, 3.05) is 57.3 Å². The smallest absolute Gasteiger partial charge is 0.246 e. The van der Waals surface area contributed by atoms with Crippen LogP contribution in [0, 0.1) is 12.3 Å². The fraction of sp³-hybridized carbons (Fsp3) is 0.552. The Kier molecular flexibility index (Phi) is 20.0. The summed E-state index contributed by atoms with van der Waals surface area (Å²) in [6, 6.07) is 15.5. The average Bonchev–Trinajstić information content (AvgIpc) is 4.20. The topological polar surface area (TPSA) is 235 Å². The fourth-order valence-corrected chi connectivity index (χ4v) is 11.9. The number of piperidine rings is 1. The first-order chi connectivity index (χ1) is 37.5. The van der Waals surface area contributed by atoms with Crippen LogP contribution in [0.15, 0.2) is 72.6 Å². The number of aryl methyl sites for hydroxylation is 1. The van der Waals surface area contributed by atoms with Gasteiger partial charge in [-0.2, -0.15) is 0 Å². The number of aromatic amines is 1. The number of benzene rings is 2. The predicted octanol–water partition coefficient (Wildman–Crippen LogP) is 7.05. The van der Waals surface area contributed by atoms with Crippen molar-refractivity contribution in [3.8, 4) is 10.4 Å². The molecule has 7 N–H and O–H groups in total. The number of hydrogen-bond donors (Lipinski definition) is 6. The molecule has 0 aliphatic carbocycles. The summed E-state index contributed by atoms with van der Waals surface area (Å²) < 4.78 is 0. The Balaban J connectivity index is 0.690. The zero-order chi connectivity index (χ0) is 55.4. The summed E-state index contributed by atoms with van der Waals surface area (Å²) in [5.41, 5.74) is 11.7. The quantitative estimate of drug-likeness (QED) is 0.0361. The van der Waals surface area contributed by atoms with Gasteiger partial charge in [0.1, 0.15) is 29.9 Å². The van der Waals surface area contributed by atoms with Gasteiger partial charge in [-0.15, -0.1) is 11.3 Å². The number of thiazole rings is 1. The van der Waals surface area contributed by atoms with Gasteiger partial charge in [0.2, 0.25) is 29.5 Å². The number of nitrogens with two attached hydrogens (primary N) is 1. The number of halogens is 1. The van der Waals surface area contributed by atoms with Crippen molar-refractivity contribution in [3.05, 3.63) is 94.5 Å². The Morgan fingerprint density at radius 2 is 1.54 bits per heavy atom. The summed E-state index contributed by atoms with van der Waals surface area (Å²) in [4.78, 5) is 93.4. The number of nitrogens with zero attached hydrogens (tertiary/aromatic N) is 7. The molecule has 0 saturated carbocycles. The minimum Gasteiger partial charge on any atom is -0.391 e. The molecule has 0 spiro atoms. The second kappa shape index (κ2) is 26.8. The maximum Gasteiger partial charge on any atom is 0.246 e. The normalized spacial score (nSPS) is 18.7. The van der Waals surface area contributed by atoms with Crippen molar-refractivity contribution in [1.82, 2.24) is 50.6 Å². The van der Waals surface area contributed by atoms with Crippen LogP contribution in [0.4, 0.5) is 5.82 Å². The first kappa shape index (κ1) is 58.2. The van der Waals surface area contributed by atoms with Gasteiger partial charge in [0.25, 0.3) is 0 Å². The number of anilines is 1. The average molecular weight is 1110 g/mol. The maximum atomic E-state index is 14.1. The lowest BCUT2D eigenvalue weighted by molar-refractivity contribution is -0.144. The molecule has 3 aliphatic rings. The second-order valence-electron chi connectivity index (χ2n) is 22.6. The molecule has 20 heteroatoms. The lowest BCUT2D eigenvalue weighted by Gasteiger charge is -2.39. The van der Waals surface area contributed by atoms with Crippen LogP contribution < -0.4 is 26.6 Å². The molecule has 4 atom stereocenters. The number of rotatable bonds is 23. The molecule has 3 aromatic heterocycles. The molecular weight excluding hydrogens is 1030 g/mol. The van der Waals surface area contributed by atoms with E-state index < -0.39 is 29.1 Å². The van der Waals surface area contributed by atoms with Gasteiger partial charge in [-0.1, -0.05) is 101 Å². The molecule has 3 aliphatic heterocycles. The van der Waals surface area contributed by atoms with Crippen LogP contribution in [-0.4, -0.2) is 145 Å². The fourth-order valence-electron chi connectivity index (χ4n) is 10.9. The van der Waals surface area contributed by atoms with Crippen molar-refractivity contribution in [2.45, 2.75) is 147 Å². The first-order valence-corrected chi connectivity index (χ1v) is 29.1. The molecular formula is C58H79ClN12O6S. The molecule has 18 nitrogen and oxygen atoms in total. The molecule has 78 heavy (non-hydrogen) atoms. The number of carbonyl (C=O) groups is 5. The Morgan fingerprint density at radius 1 is 0.859 bits per heavy atom. The van der Waals surface area contributed by atoms with E-state index in [9.17, 15) is 29.1 Å². The lowest BCUT2D eigenvalue weighted by atomic mass is 9.85. The number of likely N-dealkylation sites (tertiary alicyclic amines) is 1. The number of nitrogens with one attached hydrogen (secondary N) is 4. The van der Waals surface area contributed by atoms with E-state index in [0.29, 0.717) is 63.3 Å². The van der Waals surface area contributed by atoms with Crippen molar-refractivity contribution >= 4 is 69.3 Å². The number of aromatic nitrogens is 4. The summed E-state index contributed by atoms with van der Waals surface area (Å²) in [6.45, 7) is 12.8. The van der Waals surface area contributed by atoms with Gasteiger partial charge in [-0.3, -0.25) is 28.9 Å². The minimum atomic E-state index is -1.02. The van der Waals surface area contributed by atoms with Gasteiger partial charge in [-0.05, 0) is 79.3 Å². The van der Waals surface area contributed by atoms with Crippen LogP contribution in [0.25, 0.3) is 21.5 Å². The number of fused-ring (bicyclic) bond motifs is 1. The monoisotopic (exact) mass is 1110 g/mol. The molecule has 4 unspecified atom stereocenters. The first-order valence-electron chi connectivity index (χ1n) is 27.9. The Hall–Kier alpha value is -5.99. The number of hydrogen-bond acceptors (Lipinski definition) is 13. The molecule has 0 bridgehead atoms. The lowest BCUT2D eigenvalue weighted by Crippen LogP contribution is -2.60. The number of β-amino-alcohol motifs (C(OH)–C–C–N with tert-alkyl or cyclic N) is 1. The number of H-pyrrole nitrogens is 1. The van der Waals surface area contributed by atoms with Gasteiger partial charge >= 0.3 is 0 Å². The number of aliphatic hydroxyl groups is 1. The van der Waals surface area contributed by atoms with Crippen LogP contribution in [-0.2, 0) is 30.5 Å². The highest BCUT2D eigenvalue weighted by molar-refractivity contribution is 7.13. The van der Waals surface area contributed by atoms with Gasteiger partial charge < -0.3 is 46.5 Å². The minimum absolute atomic E-state index is 0.0228. The van der Waals surface area contributed by atoms with Gasteiger partial charge in [0, 0.05) is 89.4 Å². The Bertz CT molecular complexity index is 2800. The molecule has 420 valence electrons. The predicted molar refractivity (Wildman–Crippen MR) is 305 cm³/mol. The number of carbonyl (C=O) groups excluding carboxylic acids is 5. The highest BCUT2D eigenvalue weighted by atomic mass is 35.5. The SMILES string of the molecule is Cc1ncsc1-c1ccc(CNC(=O)C2CC(O)CN2C(=O)C(NC(=O)CCCCCCCCCC(=O)N2CCN(CCC(NC(=O)C3(N)CCN(c4ncnc5[nH]ccc45)CC3)c3ccc(Cl)cc3)CC2)C(C)(C)C)cc1. The second-order valence-corrected chi connectivity index (χ2v) is 23.9. The van der Waals surface area contributed by atoms with E-state index >= 15 is 0 Å². The van der Waals surface area contributed by atoms with E-state index in [1.807, 2.05) is 98.9 Å². The number of aliphatic hydroxyl groups excluding tert-OH is 1. The highest BCUT2D eigenvalue weighted by Gasteiger charge is 2.45. The Morgan fingerprint density at radius 3 is 2.21 bits per heavy atom. The summed E-state index contributed by atoms with van der Waals surface area (Å²) >= 11 is 7.84. The van der Waals surface area contributed by atoms with Crippen LogP contribution in [0.5, 0.6) is 0 Å². The maximum absolute atomic E-state index is 14.1. The molecule has 3 fully saturated rings. The number of amides is 5. The van der Waals surface area contributed by atoms with Crippen molar-refractivity contribution < 1.29 is 29.1 Å². The zero-order valence-electron chi connectivity index (χ0n) is 45.8. The molecule has 6 heterocycles. The molecule has 5 amide bonds. The van der Waals surface area contributed by atoms with Crippen LogP contribution in [0.3, 0.4) is 0 Å². The zero-order valence-corrected chi connectivity index (χ0v) is 47.3. The Labute approximate surface area is 467 Å². The summed E-state index contributed by atoms with van der Waals surface area (Å²) in [5, 5.41) is 21.4. The van der Waals surface area contributed by atoms with Gasteiger partial charge in [-0.25, -0.2) is 15.0 Å². The molecule has 2 aromatic carbocycles. The largest absolute Gasteiger partial charge is 0.391 e. The van der Waals surface area contributed by atoms with Crippen molar-refractivity contribution in [1.29, 1.82) is 0 Å².